The van der Waals surface area contributed by atoms with E-state index in [0.717, 1.165) is 5.56 Å². The minimum Gasteiger partial charge on any atom is -0.491 e. The van der Waals surface area contributed by atoms with E-state index < -0.39 is 36.2 Å². The van der Waals surface area contributed by atoms with Gasteiger partial charge in [0.2, 0.25) is 0 Å². The van der Waals surface area contributed by atoms with Gasteiger partial charge in [-0.3, -0.25) is 20.3 Å². The molecule has 4 amide bonds. The number of likely N-dealkylation sites (N-methyl/N-ethyl adjacent to an activating group) is 1. The van der Waals surface area contributed by atoms with E-state index in [9.17, 15) is 19.5 Å². The highest BCUT2D eigenvalue weighted by molar-refractivity contribution is 6.04. The molecule has 2 aliphatic heterocycles. The number of rotatable bonds is 7. The van der Waals surface area contributed by atoms with E-state index in [2.05, 4.69) is 15.6 Å². The summed E-state index contributed by atoms with van der Waals surface area (Å²) in [6, 6.07) is 6.01. The van der Waals surface area contributed by atoms with Crippen molar-refractivity contribution in [3.8, 4) is 5.75 Å². The van der Waals surface area contributed by atoms with E-state index in [0.29, 0.717) is 5.75 Å². The second-order valence-electron chi connectivity index (χ2n) is 7.03. The van der Waals surface area contributed by atoms with Crippen LogP contribution in [0.4, 0.5) is 4.79 Å². The number of aliphatic hydroxyl groups excluding tert-OH is 1. The lowest BCUT2D eigenvalue weighted by Crippen LogP contribution is -2.65. The van der Waals surface area contributed by atoms with Gasteiger partial charge in [-0.25, -0.2) is 15.6 Å². The number of aryl methyl sites for hydroxylation is 1. The highest BCUT2D eigenvalue weighted by atomic mass is 16.5. The summed E-state index contributed by atoms with van der Waals surface area (Å²) in [7, 11) is 1.53. The molecule has 0 saturated carbocycles. The minimum atomic E-state index is -0.977. The molecule has 30 heavy (non-hydrogen) atoms. The van der Waals surface area contributed by atoms with E-state index >= 15 is 0 Å². The number of guanidine groups is 1. The van der Waals surface area contributed by atoms with Gasteiger partial charge in [-0.1, -0.05) is 18.2 Å². The van der Waals surface area contributed by atoms with Crippen LogP contribution in [0.5, 0.6) is 5.75 Å². The zero-order valence-electron chi connectivity index (χ0n) is 16.7. The predicted molar refractivity (Wildman–Crippen MR) is 106 cm³/mol. The molecule has 2 aliphatic rings. The highest BCUT2D eigenvalue weighted by Gasteiger charge is 2.50. The number of para-hydroxylation sites is 1. The van der Waals surface area contributed by atoms with Crippen molar-refractivity contribution < 1.29 is 24.2 Å². The van der Waals surface area contributed by atoms with E-state index in [1.165, 1.54) is 16.8 Å². The summed E-state index contributed by atoms with van der Waals surface area (Å²) in [6.45, 7) is 1.57. The first-order chi connectivity index (χ1) is 14.3. The van der Waals surface area contributed by atoms with E-state index in [4.69, 9.17) is 10.6 Å². The van der Waals surface area contributed by atoms with Gasteiger partial charge in [0.15, 0.2) is 12.0 Å². The normalized spacial score (nSPS) is 23.0. The Morgan fingerprint density at radius 3 is 2.83 bits per heavy atom. The third-order valence-corrected chi connectivity index (χ3v) is 4.89. The van der Waals surface area contributed by atoms with Gasteiger partial charge in [0, 0.05) is 7.05 Å². The molecule has 1 aromatic rings. The third-order valence-electron chi connectivity index (χ3n) is 4.89. The Kier molecular flexibility index (Phi) is 6.37. The highest BCUT2D eigenvalue weighted by Crippen LogP contribution is 2.21. The fourth-order valence-electron chi connectivity index (χ4n) is 3.30. The van der Waals surface area contributed by atoms with Crippen molar-refractivity contribution in [2.24, 2.45) is 10.8 Å². The Bertz CT molecular complexity index is 861. The maximum Gasteiger partial charge on any atom is 0.325 e. The van der Waals surface area contributed by atoms with Crippen LogP contribution in [-0.4, -0.2) is 83.8 Å². The molecule has 0 radical (unpaired) electrons. The lowest BCUT2D eigenvalue weighted by atomic mass is 10.1. The quantitative estimate of drug-likeness (QED) is 0.190. The second-order valence-corrected chi connectivity index (χ2v) is 7.03. The maximum atomic E-state index is 12.5. The molecule has 3 unspecified atom stereocenters. The van der Waals surface area contributed by atoms with Gasteiger partial charge in [0.25, 0.3) is 11.8 Å². The molecule has 2 saturated heterocycles. The van der Waals surface area contributed by atoms with Crippen LogP contribution < -0.4 is 26.6 Å². The van der Waals surface area contributed by atoms with E-state index in [-0.39, 0.29) is 25.7 Å². The summed E-state index contributed by atoms with van der Waals surface area (Å²) in [6.07, 6.45) is -1.68. The van der Waals surface area contributed by atoms with Crippen LogP contribution in [0, 0.1) is 6.92 Å². The standard InChI is InChI=1S/C18H25N7O5/c1-10-5-3-4-6-12(10)30-9-11(26)8-25-14-15(24(2)18(29)22-16(14)28)21-17(25)20-7-13(27)23-19/h3-6,11,14-15,26H,7-9,19H2,1-2H3,(H,20,21)(H,23,27)(H,22,28,29). The summed E-state index contributed by atoms with van der Waals surface area (Å²) in [5.74, 6) is 4.86. The molecule has 2 heterocycles. The van der Waals surface area contributed by atoms with Crippen molar-refractivity contribution in [1.29, 1.82) is 0 Å². The maximum absolute atomic E-state index is 12.5. The van der Waals surface area contributed by atoms with Crippen molar-refractivity contribution >= 4 is 23.8 Å². The SMILES string of the molecule is Cc1ccccc1OCC(O)CN1C(=NCC(=O)NN)NC2C1C(=O)NC(=O)N2C. The molecule has 12 heteroatoms. The number of nitrogens with zero attached hydrogens (tertiary/aromatic N) is 3. The monoisotopic (exact) mass is 419 g/mol. The van der Waals surface area contributed by atoms with Crippen molar-refractivity contribution in [1.82, 2.24) is 25.9 Å². The molecule has 0 aromatic heterocycles. The van der Waals surface area contributed by atoms with Crippen molar-refractivity contribution in [3.63, 3.8) is 0 Å². The first kappa shape index (κ1) is 21.3. The van der Waals surface area contributed by atoms with Crippen LogP contribution in [0.3, 0.4) is 0 Å². The smallest absolute Gasteiger partial charge is 0.325 e. The number of benzene rings is 1. The van der Waals surface area contributed by atoms with Gasteiger partial charge in [0.1, 0.15) is 31.2 Å². The average molecular weight is 419 g/mol. The molecular weight excluding hydrogens is 394 g/mol. The Balaban J connectivity index is 1.75. The lowest BCUT2D eigenvalue weighted by molar-refractivity contribution is -0.127. The topological polar surface area (TPSA) is 162 Å². The number of β-amino-alcohol motifs (C(OH)–C–C–N with tert-alkyl or cyclic N) is 1. The molecule has 12 nitrogen and oxygen atoms in total. The fraction of sp³-hybridized carbons (Fsp3) is 0.444. The van der Waals surface area contributed by atoms with Gasteiger partial charge in [-0.15, -0.1) is 0 Å². The van der Waals surface area contributed by atoms with E-state index in [1.54, 1.807) is 6.07 Å². The summed E-state index contributed by atoms with van der Waals surface area (Å²) in [4.78, 5) is 42.9. The van der Waals surface area contributed by atoms with Gasteiger partial charge in [-0.2, -0.15) is 0 Å². The predicted octanol–water partition coefficient (Wildman–Crippen LogP) is -2.14. The van der Waals surface area contributed by atoms with Crippen LogP contribution in [0.2, 0.25) is 0 Å². The number of aliphatic hydroxyl groups is 1. The average Bonchev–Trinajstić information content (AvgIpc) is 3.08. The molecule has 162 valence electrons. The molecular formula is C18H25N7O5. The third kappa shape index (κ3) is 4.44. The molecule has 3 rings (SSSR count). The number of aliphatic imine (C=N–C) groups is 1. The number of ether oxygens (including phenoxy) is 1. The lowest BCUT2D eigenvalue weighted by Gasteiger charge is -2.35. The number of fused-ring (bicyclic) bond motifs is 1. The summed E-state index contributed by atoms with van der Waals surface area (Å²) in [5, 5.41) is 15.8. The largest absolute Gasteiger partial charge is 0.491 e. The van der Waals surface area contributed by atoms with E-state index in [1.807, 2.05) is 30.5 Å². The Morgan fingerprint density at radius 2 is 2.13 bits per heavy atom. The van der Waals surface area contributed by atoms with Crippen LogP contribution in [0.15, 0.2) is 29.3 Å². The van der Waals surface area contributed by atoms with Crippen LogP contribution >= 0.6 is 0 Å². The number of nitrogens with one attached hydrogen (secondary N) is 3. The number of urea groups is 1. The van der Waals surface area contributed by atoms with Crippen LogP contribution in [-0.2, 0) is 9.59 Å². The molecule has 0 bridgehead atoms. The molecule has 0 aliphatic carbocycles. The number of nitrogens with two attached hydrogens (primary N) is 1. The second kappa shape index (κ2) is 8.97. The summed E-state index contributed by atoms with van der Waals surface area (Å²) < 4.78 is 5.68. The van der Waals surface area contributed by atoms with Crippen LogP contribution in [0.1, 0.15) is 5.56 Å². The van der Waals surface area contributed by atoms with Gasteiger partial charge >= 0.3 is 6.03 Å². The number of carbonyl (C=O) groups is 3. The van der Waals surface area contributed by atoms with Crippen LogP contribution in [0.25, 0.3) is 0 Å². The van der Waals surface area contributed by atoms with Gasteiger partial charge in [-0.05, 0) is 18.6 Å². The van der Waals surface area contributed by atoms with Gasteiger partial charge < -0.3 is 25.0 Å². The Labute approximate surface area is 173 Å². The minimum absolute atomic E-state index is 0.0153. The molecule has 3 atom stereocenters. The molecule has 2 fully saturated rings. The zero-order valence-corrected chi connectivity index (χ0v) is 16.7. The zero-order chi connectivity index (χ0) is 21.8. The Hall–Kier alpha value is -3.38. The van der Waals surface area contributed by atoms with Crippen molar-refractivity contribution in [2.45, 2.75) is 25.2 Å². The molecule has 0 spiro atoms. The summed E-state index contributed by atoms with van der Waals surface area (Å²) in [5.41, 5.74) is 2.90. The number of hydrogen-bond donors (Lipinski definition) is 5. The number of imide groups is 1. The first-order valence-corrected chi connectivity index (χ1v) is 9.33. The number of carbonyl (C=O) groups excluding carboxylic acids is 3. The van der Waals surface area contributed by atoms with Gasteiger partial charge in [0.05, 0.1) is 6.54 Å². The first-order valence-electron chi connectivity index (χ1n) is 9.33. The molecule has 6 N–H and O–H groups in total. The molecule has 1 aromatic carbocycles. The number of hydrogen-bond acceptors (Lipinski definition) is 7. The van der Waals surface area contributed by atoms with Crippen molar-refractivity contribution in [2.75, 3.05) is 26.7 Å². The van der Waals surface area contributed by atoms with Crippen molar-refractivity contribution in [3.05, 3.63) is 29.8 Å². The summed E-state index contributed by atoms with van der Waals surface area (Å²) >= 11 is 0. The number of amides is 4. The Morgan fingerprint density at radius 1 is 1.40 bits per heavy atom. The number of hydrazine groups is 1. The fourth-order valence-corrected chi connectivity index (χ4v) is 3.30.